The quantitative estimate of drug-likeness (QED) is 0.824. The van der Waals surface area contributed by atoms with Crippen molar-refractivity contribution in [2.45, 2.75) is 19.2 Å². The summed E-state index contributed by atoms with van der Waals surface area (Å²) in [6.07, 6.45) is 0. The minimum Gasteiger partial charge on any atom is -0.365 e. The highest BCUT2D eigenvalue weighted by Crippen LogP contribution is 2.33. The van der Waals surface area contributed by atoms with Crippen molar-refractivity contribution < 1.29 is 9.59 Å². The third kappa shape index (κ3) is 3.28. The maximum atomic E-state index is 12.6. The van der Waals surface area contributed by atoms with Crippen LogP contribution in [0.4, 0.5) is 16.2 Å². The van der Waals surface area contributed by atoms with Gasteiger partial charge in [0.05, 0.1) is 5.69 Å². The predicted molar refractivity (Wildman–Crippen MR) is 97.9 cm³/mol. The fourth-order valence-electron chi connectivity index (χ4n) is 2.33. The number of amides is 2. The Morgan fingerprint density at radius 1 is 1.09 bits per heavy atom. The maximum Gasteiger partial charge on any atom is 0.295 e. The Hall–Kier alpha value is -1.79. The SMILES string of the molecule is Cc1ccc(N2C(=O)SC(Nc3cccc(Br)c3)C2=O)cc1C. The van der Waals surface area contributed by atoms with Gasteiger partial charge in [0, 0.05) is 10.2 Å². The summed E-state index contributed by atoms with van der Waals surface area (Å²) in [4.78, 5) is 26.1. The van der Waals surface area contributed by atoms with E-state index in [0.717, 1.165) is 33.0 Å². The Kier molecular flexibility index (Phi) is 4.46. The zero-order chi connectivity index (χ0) is 16.6. The van der Waals surface area contributed by atoms with E-state index in [4.69, 9.17) is 0 Å². The zero-order valence-corrected chi connectivity index (χ0v) is 15.1. The lowest BCUT2D eigenvalue weighted by molar-refractivity contribution is -0.116. The standard InChI is InChI=1S/C17H15BrN2O2S/c1-10-6-7-14(8-11(10)2)20-16(21)15(23-17(20)22)19-13-5-3-4-12(18)9-13/h3-9,15,19H,1-2H3. The summed E-state index contributed by atoms with van der Waals surface area (Å²) < 4.78 is 0.912. The molecule has 1 saturated heterocycles. The van der Waals surface area contributed by atoms with Crippen molar-refractivity contribution in [2.24, 2.45) is 0 Å². The Morgan fingerprint density at radius 2 is 1.87 bits per heavy atom. The van der Waals surface area contributed by atoms with Crippen molar-refractivity contribution >= 4 is 50.2 Å². The fraction of sp³-hybridized carbons (Fsp3) is 0.176. The lowest BCUT2D eigenvalue weighted by Gasteiger charge is -2.16. The van der Waals surface area contributed by atoms with Crippen LogP contribution in [-0.2, 0) is 4.79 Å². The minimum atomic E-state index is -0.613. The number of carbonyl (C=O) groups excluding carboxylic acids is 2. The van der Waals surface area contributed by atoms with Crippen LogP contribution in [0, 0.1) is 13.8 Å². The van der Waals surface area contributed by atoms with Gasteiger partial charge in [-0.2, -0.15) is 0 Å². The highest BCUT2D eigenvalue weighted by atomic mass is 79.9. The zero-order valence-electron chi connectivity index (χ0n) is 12.7. The third-order valence-electron chi connectivity index (χ3n) is 3.72. The molecule has 2 amide bonds. The van der Waals surface area contributed by atoms with E-state index in [0.29, 0.717) is 5.69 Å². The van der Waals surface area contributed by atoms with Crippen LogP contribution in [-0.4, -0.2) is 16.5 Å². The largest absolute Gasteiger partial charge is 0.365 e. The number of aryl methyl sites for hydroxylation is 2. The van der Waals surface area contributed by atoms with E-state index >= 15 is 0 Å². The number of halogens is 1. The first kappa shape index (κ1) is 16.1. The molecular formula is C17H15BrN2O2S. The average Bonchev–Trinajstić information content (AvgIpc) is 2.77. The van der Waals surface area contributed by atoms with Crippen LogP contribution >= 0.6 is 27.7 Å². The number of anilines is 2. The van der Waals surface area contributed by atoms with Crippen LogP contribution in [0.2, 0.25) is 0 Å². The van der Waals surface area contributed by atoms with E-state index in [2.05, 4.69) is 21.2 Å². The number of thioether (sulfide) groups is 1. The molecule has 1 N–H and O–H groups in total. The second-order valence-electron chi connectivity index (χ2n) is 5.36. The Bertz CT molecular complexity index is 794. The predicted octanol–water partition coefficient (Wildman–Crippen LogP) is 4.70. The molecule has 0 spiro atoms. The van der Waals surface area contributed by atoms with Gasteiger partial charge in [-0.15, -0.1) is 0 Å². The molecule has 1 unspecified atom stereocenters. The molecule has 2 aromatic rings. The first-order valence-electron chi connectivity index (χ1n) is 7.09. The second kappa shape index (κ2) is 6.37. The third-order valence-corrected chi connectivity index (χ3v) is 5.15. The molecule has 2 aromatic carbocycles. The van der Waals surface area contributed by atoms with Crippen LogP contribution in [0.15, 0.2) is 46.9 Å². The maximum absolute atomic E-state index is 12.6. The summed E-state index contributed by atoms with van der Waals surface area (Å²) in [6.45, 7) is 3.97. The van der Waals surface area contributed by atoms with Gasteiger partial charge in [-0.25, -0.2) is 4.90 Å². The highest BCUT2D eigenvalue weighted by molar-refractivity contribution is 9.10. The van der Waals surface area contributed by atoms with Crippen molar-refractivity contribution in [1.82, 2.24) is 0 Å². The molecular weight excluding hydrogens is 376 g/mol. The van der Waals surface area contributed by atoms with Crippen LogP contribution in [0.25, 0.3) is 0 Å². The van der Waals surface area contributed by atoms with Gasteiger partial charge in [0.2, 0.25) is 0 Å². The van der Waals surface area contributed by atoms with Crippen molar-refractivity contribution in [1.29, 1.82) is 0 Å². The van der Waals surface area contributed by atoms with E-state index in [9.17, 15) is 9.59 Å². The van der Waals surface area contributed by atoms with E-state index in [1.807, 2.05) is 50.2 Å². The molecule has 118 valence electrons. The molecule has 1 fully saturated rings. The molecule has 0 aromatic heterocycles. The molecule has 0 bridgehead atoms. The van der Waals surface area contributed by atoms with Crippen LogP contribution in [0.5, 0.6) is 0 Å². The fourth-order valence-corrected chi connectivity index (χ4v) is 3.63. The normalized spacial score (nSPS) is 17.7. The molecule has 3 rings (SSSR count). The van der Waals surface area contributed by atoms with Crippen LogP contribution in [0.3, 0.4) is 0 Å². The lowest BCUT2D eigenvalue weighted by Crippen LogP contribution is -2.34. The summed E-state index contributed by atoms with van der Waals surface area (Å²) in [5.41, 5.74) is 3.59. The number of benzene rings is 2. The number of imide groups is 1. The topological polar surface area (TPSA) is 49.4 Å². The number of nitrogens with zero attached hydrogens (tertiary/aromatic N) is 1. The molecule has 4 nitrogen and oxygen atoms in total. The highest BCUT2D eigenvalue weighted by Gasteiger charge is 2.40. The Labute approximate surface area is 147 Å². The molecule has 23 heavy (non-hydrogen) atoms. The van der Waals surface area contributed by atoms with Gasteiger partial charge in [-0.05, 0) is 67.1 Å². The molecule has 1 aliphatic heterocycles. The number of nitrogens with one attached hydrogen (secondary N) is 1. The van der Waals surface area contributed by atoms with Gasteiger partial charge in [-0.1, -0.05) is 28.1 Å². The first-order valence-corrected chi connectivity index (χ1v) is 8.77. The molecule has 0 saturated carbocycles. The van der Waals surface area contributed by atoms with Gasteiger partial charge >= 0.3 is 0 Å². The molecule has 0 aliphatic carbocycles. The second-order valence-corrected chi connectivity index (χ2v) is 7.33. The lowest BCUT2D eigenvalue weighted by atomic mass is 10.1. The molecule has 1 aliphatic rings. The van der Waals surface area contributed by atoms with Crippen LogP contribution < -0.4 is 10.2 Å². The van der Waals surface area contributed by atoms with Gasteiger partial charge in [0.1, 0.15) is 0 Å². The summed E-state index contributed by atoms with van der Waals surface area (Å²) >= 11 is 4.39. The van der Waals surface area contributed by atoms with E-state index < -0.39 is 5.37 Å². The summed E-state index contributed by atoms with van der Waals surface area (Å²) in [6, 6.07) is 13.1. The molecule has 6 heteroatoms. The van der Waals surface area contributed by atoms with Crippen LogP contribution in [0.1, 0.15) is 11.1 Å². The van der Waals surface area contributed by atoms with Crippen molar-refractivity contribution in [3.8, 4) is 0 Å². The summed E-state index contributed by atoms with van der Waals surface area (Å²) in [7, 11) is 0. The smallest absolute Gasteiger partial charge is 0.295 e. The van der Waals surface area contributed by atoms with Gasteiger partial charge in [0.25, 0.3) is 11.1 Å². The minimum absolute atomic E-state index is 0.247. The Morgan fingerprint density at radius 3 is 2.57 bits per heavy atom. The van der Waals surface area contributed by atoms with Gasteiger partial charge in [0.15, 0.2) is 5.37 Å². The number of hydrogen-bond donors (Lipinski definition) is 1. The van der Waals surface area contributed by atoms with E-state index in [-0.39, 0.29) is 11.1 Å². The Balaban J connectivity index is 1.83. The number of hydrogen-bond acceptors (Lipinski definition) is 4. The molecule has 1 heterocycles. The molecule has 0 radical (unpaired) electrons. The van der Waals surface area contributed by atoms with E-state index in [1.165, 1.54) is 4.90 Å². The first-order chi connectivity index (χ1) is 11.0. The van der Waals surface area contributed by atoms with Crippen molar-refractivity contribution in [3.63, 3.8) is 0 Å². The van der Waals surface area contributed by atoms with E-state index in [1.54, 1.807) is 6.07 Å². The van der Waals surface area contributed by atoms with Gasteiger partial charge in [-0.3, -0.25) is 9.59 Å². The van der Waals surface area contributed by atoms with Gasteiger partial charge < -0.3 is 5.32 Å². The summed E-state index contributed by atoms with van der Waals surface area (Å²) in [5, 5.41) is 2.24. The number of carbonyl (C=O) groups is 2. The summed E-state index contributed by atoms with van der Waals surface area (Å²) in [5.74, 6) is -0.247. The monoisotopic (exact) mass is 390 g/mol. The van der Waals surface area contributed by atoms with Crippen molar-refractivity contribution in [2.75, 3.05) is 10.2 Å². The number of rotatable bonds is 3. The average molecular weight is 391 g/mol. The molecule has 1 atom stereocenters. The van der Waals surface area contributed by atoms with Crippen molar-refractivity contribution in [3.05, 3.63) is 58.1 Å².